The molecule has 1 atom stereocenters. The fourth-order valence-electron chi connectivity index (χ4n) is 1.46. The van der Waals surface area contributed by atoms with Gasteiger partial charge in [-0.25, -0.2) is 5.21 Å². The van der Waals surface area contributed by atoms with Crippen LogP contribution < -0.4 is 34.8 Å². The molecule has 6 heteroatoms. The third kappa shape index (κ3) is 1.61. The minimum Gasteiger partial charge on any atom is -1.00 e. The summed E-state index contributed by atoms with van der Waals surface area (Å²) in [6.07, 6.45) is -0.956. The summed E-state index contributed by atoms with van der Waals surface area (Å²) >= 11 is 0. The van der Waals surface area contributed by atoms with Crippen molar-refractivity contribution in [2.24, 2.45) is 0 Å². The summed E-state index contributed by atoms with van der Waals surface area (Å²) in [7, 11) is 0. The van der Waals surface area contributed by atoms with Gasteiger partial charge >= 0.3 is 0 Å². The summed E-state index contributed by atoms with van der Waals surface area (Å²) in [6, 6.07) is 4.92. The molecule has 1 aromatic carbocycles. The van der Waals surface area contributed by atoms with E-state index in [0.717, 1.165) is 5.48 Å². The highest BCUT2D eigenvalue weighted by Crippen LogP contribution is 2.26. The summed E-state index contributed by atoms with van der Waals surface area (Å²) in [5, 5.41) is 20.5. The molecule has 76 valence electrons. The number of benzene rings is 1. The number of nitrogens with one attached hydrogen (secondary N) is 1. The van der Waals surface area contributed by atoms with Crippen LogP contribution in [0.25, 0.3) is 0 Å². The number of quaternary nitrogens is 1. The maximum absolute atomic E-state index is 11.3. The van der Waals surface area contributed by atoms with Gasteiger partial charge in [0.25, 0.3) is 5.91 Å². The van der Waals surface area contributed by atoms with Gasteiger partial charge in [-0.1, -0.05) is 12.1 Å². The van der Waals surface area contributed by atoms with Gasteiger partial charge in [-0.15, -0.1) is 0 Å². The molecule has 1 heterocycles. The lowest BCUT2D eigenvalue weighted by Crippen LogP contribution is -3.00. The van der Waals surface area contributed by atoms with Crippen molar-refractivity contribution in [3.05, 3.63) is 29.3 Å². The van der Waals surface area contributed by atoms with E-state index in [1.165, 1.54) is 0 Å². The van der Waals surface area contributed by atoms with Gasteiger partial charge in [0.05, 0.1) is 0 Å². The maximum Gasteiger partial charge on any atom is 0.260 e. The lowest BCUT2D eigenvalue weighted by Gasteiger charge is -2.01. The van der Waals surface area contributed by atoms with Crippen molar-refractivity contribution in [1.29, 1.82) is 0 Å². The van der Waals surface area contributed by atoms with Crippen LogP contribution in [0.2, 0.25) is 0 Å². The number of hydrogen-bond donors (Lipinski definition) is 4. The predicted octanol–water partition coefficient (Wildman–Crippen LogP) is -3.99. The Balaban J connectivity index is 0.000000980. The third-order valence-electron chi connectivity index (χ3n) is 2.06. The van der Waals surface area contributed by atoms with Crippen LogP contribution in [0, 0.1) is 0 Å². The van der Waals surface area contributed by atoms with Crippen molar-refractivity contribution in [2.45, 2.75) is 6.23 Å². The topological polar surface area (TPSA) is 86.2 Å². The molecule has 1 aromatic rings. The van der Waals surface area contributed by atoms with Crippen molar-refractivity contribution in [3.8, 4) is 0 Å². The van der Waals surface area contributed by atoms with E-state index in [1.807, 2.05) is 0 Å². The number of fused-ring (bicyclic) bond motifs is 1. The zero-order valence-electron chi connectivity index (χ0n) is 7.07. The molecule has 5 N–H and O–H groups in total. The second-order valence-corrected chi connectivity index (χ2v) is 2.82. The molecule has 1 aliphatic heterocycles. The first-order valence-corrected chi connectivity index (χ1v) is 3.83. The van der Waals surface area contributed by atoms with Crippen molar-refractivity contribution in [1.82, 2.24) is 5.32 Å². The first-order chi connectivity index (χ1) is 6.24. The number of aliphatic hydroxyl groups is 1. The molecule has 0 fully saturated rings. The van der Waals surface area contributed by atoms with E-state index < -0.39 is 6.23 Å². The second kappa shape index (κ2) is 4.22. The molecule has 0 spiro atoms. The fourth-order valence-corrected chi connectivity index (χ4v) is 1.46. The Kier molecular flexibility index (Phi) is 3.43. The summed E-state index contributed by atoms with van der Waals surface area (Å²) in [4.78, 5) is 11.3. The van der Waals surface area contributed by atoms with E-state index in [1.54, 1.807) is 18.2 Å². The van der Waals surface area contributed by atoms with Crippen LogP contribution in [0.3, 0.4) is 0 Å². The Morgan fingerprint density at radius 1 is 1.43 bits per heavy atom. The van der Waals surface area contributed by atoms with Crippen molar-refractivity contribution < 1.29 is 44.6 Å². The number of amides is 1. The molecule has 1 aliphatic rings. The van der Waals surface area contributed by atoms with E-state index >= 15 is 0 Å². The first-order valence-electron chi connectivity index (χ1n) is 3.83. The number of carbonyl (C=O) groups is 1. The summed E-state index contributed by atoms with van der Waals surface area (Å²) < 4.78 is 0. The molecule has 1 amide bonds. The first kappa shape index (κ1) is 11.4. The van der Waals surface area contributed by atoms with Crippen LogP contribution in [-0.2, 0) is 0 Å². The smallest absolute Gasteiger partial charge is 0.260 e. The number of carbonyl (C=O) groups excluding carboxylic acids is 1. The molecule has 0 aromatic heterocycles. The Bertz CT molecular complexity index is 370. The number of hydrogen-bond acceptors (Lipinski definition) is 3. The zero-order chi connectivity index (χ0) is 9.42. The highest BCUT2D eigenvalue weighted by atomic mass is 127. The van der Waals surface area contributed by atoms with Gasteiger partial charge in [-0.2, -0.15) is 5.48 Å². The second-order valence-electron chi connectivity index (χ2n) is 2.82. The Morgan fingerprint density at radius 3 is 2.79 bits per heavy atom. The molecule has 1 unspecified atom stereocenters. The van der Waals surface area contributed by atoms with E-state index in [2.05, 4.69) is 5.32 Å². The van der Waals surface area contributed by atoms with Crippen LogP contribution in [0.15, 0.2) is 18.2 Å². The minimum atomic E-state index is -0.956. The van der Waals surface area contributed by atoms with Crippen molar-refractivity contribution in [3.63, 3.8) is 0 Å². The highest BCUT2D eigenvalue weighted by molar-refractivity contribution is 6.02. The van der Waals surface area contributed by atoms with Crippen molar-refractivity contribution in [2.75, 3.05) is 0 Å². The highest BCUT2D eigenvalue weighted by Gasteiger charge is 2.30. The molecule has 14 heavy (non-hydrogen) atoms. The number of nitrogens with two attached hydrogens (primary N) is 1. The molecule has 0 radical (unpaired) electrons. The minimum absolute atomic E-state index is 0. The van der Waals surface area contributed by atoms with Crippen molar-refractivity contribution >= 4 is 11.6 Å². The SMILES string of the molecule is O=C1NC(O)c2cccc([NH2+]O)c21.[I-]. The van der Waals surface area contributed by atoms with Crippen LogP contribution >= 0.6 is 0 Å². The predicted molar refractivity (Wildman–Crippen MR) is 42.2 cm³/mol. The van der Waals surface area contributed by atoms with Gasteiger partial charge < -0.3 is 34.4 Å². The Morgan fingerprint density at radius 2 is 2.14 bits per heavy atom. The van der Waals surface area contributed by atoms with E-state index in [9.17, 15) is 9.90 Å². The standard InChI is InChI=1S/C8H8N2O3.HI/c11-7-4-2-1-3-5(10-13)6(4)8(12)9-7;/h1-3,7,10-11,13H,(H,9,12);1H. The lowest BCUT2D eigenvalue weighted by molar-refractivity contribution is -0.825. The van der Waals surface area contributed by atoms with Crippen LogP contribution in [0.4, 0.5) is 5.69 Å². The summed E-state index contributed by atoms with van der Waals surface area (Å²) in [6.45, 7) is 0. The summed E-state index contributed by atoms with van der Waals surface area (Å²) in [5.41, 5.74) is 2.13. The van der Waals surface area contributed by atoms with E-state index in [0.29, 0.717) is 16.8 Å². The van der Waals surface area contributed by atoms with E-state index in [-0.39, 0.29) is 29.9 Å². The quantitative estimate of drug-likeness (QED) is 0.242. The number of aliphatic hydroxyl groups excluding tert-OH is 1. The van der Waals surface area contributed by atoms with Crippen LogP contribution in [-0.4, -0.2) is 16.2 Å². The van der Waals surface area contributed by atoms with Gasteiger partial charge in [0.1, 0.15) is 5.56 Å². The van der Waals surface area contributed by atoms with Gasteiger partial charge in [-0.05, 0) is 0 Å². The zero-order valence-corrected chi connectivity index (χ0v) is 9.22. The molecular weight excluding hydrogens is 299 g/mol. The molecule has 0 saturated carbocycles. The van der Waals surface area contributed by atoms with Crippen LogP contribution in [0.1, 0.15) is 22.1 Å². The average Bonchev–Trinajstić information content (AvgIpc) is 2.43. The third-order valence-corrected chi connectivity index (χ3v) is 2.06. The normalized spacial score (nSPS) is 18.4. The largest absolute Gasteiger partial charge is 1.00 e. The van der Waals surface area contributed by atoms with Gasteiger partial charge in [0.15, 0.2) is 11.9 Å². The van der Waals surface area contributed by atoms with Gasteiger partial charge in [0, 0.05) is 11.6 Å². The summed E-state index contributed by atoms with van der Waals surface area (Å²) in [5.74, 6) is -0.358. The number of rotatable bonds is 1. The molecule has 0 bridgehead atoms. The Labute approximate surface area is 97.1 Å². The van der Waals surface area contributed by atoms with Crippen LogP contribution in [0.5, 0.6) is 0 Å². The fraction of sp³-hybridized carbons (Fsp3) is 0.125. The molecular formula is C8H9IN2O3. The average molecular weight is 308 g/mol. The molecule has 5 nitrogen and oxygen atoms in total. The lowest BCUT2D eigenvalue weighted by atomic mass is 10.1. The molecule has 0 aliphatic carbocycles. The molecule has 0 saturated heterocycles. The Hall–Kier alpha value is -0.700. The maximum atomic E-state index is 11.3. The van der Waals surface area contributed by atoms with E-state index in [4.69, 9.17) is 5.21 Å². The monoisotopic (exact) mass is 308 g/mol. The van der Waals surface area contributed by atoms with Gasteiger partial charge in [0.2, 0.25) is 0 Å². The number of halogens is 1. The van der Waals surface area contributed by atoms with Gasteiger partial charge in [-0.3, -0.25) is 4.79 Å². The molecule has 2 rings (SSSR count).